The van der Waals surface area contributed by atoms with Crippen molar-refractivity contribution in [1.29, 1.82) is 0 Å². The largest absolute Gasteiger partial charge is 0.313 e. The Hall–Kier alpha value is -0.670. The number of nitrogens with one attached hydrogen (secondary N) is 1. The van der Waals surface area contributed by atoms with Crippen molar-refractivity contribution in [2.45, 2.75) is 13.8 Å². The van der Waals surface area contributed by atoms with Crippen LogP contribution >= 0.6 is 15.9 Å². The van der Waals surface area contributed by atoms with Gasteiger partial charge in [-0.2, -0.15) is 0 Å². The number of benzene rings is 1. The fraction of sp³-hybridized carbons (Fsp3) is 0.364. The zero-order valence-electron chi connectivity index (χ0n) is 8.65. The average molecular weight is 256 g/mol. The van der Waals surface area contributed by atoms with Gasteiger partial charge in [0, 0.05) is 10.0 Å². The second-order valence-corrected chi connectivity index (χ2v) is 4.22. The van der Waals surface area contributed by atoms with Gasteiger partial charge in [-0.05, 0) is 44.2 Å². The molecule has 1 rings (SSSR count). The first-order valence-corrected chi connectivity index (χ1v) is 5.30. The molecule has 0 saturated carbocycles. The zero-order chi connectivity index (χ0) is 10.7. The van der Waals surface area contributed by atoms with Gasteiger partial charge in [0.05, 0.1) is 6.54 Å². The van der Waals surface area contributed by atoms with Gasteiger partial charge in [-0.3, -0.25) is 4.79 Å². The van der Waals surface area contributed by atoms with Gasteiger partial charge >= 0.3 is 0 Å². The lowest BCUT2D eigenvalue weighted by molar-refractivity contribution is 0.0993. The molecule has 76 valence electrons. The van der Waals surface area contributed by atoms with E-state index in [-0.39, 0.29) is 5.78 Å². The van der Waals surface area contributed by atoms with Crippen molar-refractivity contribution >= 4 is 21.7 Å². The number of hydrogen-bond acceptors (Lipinski definition) is 2. The predicted octanol–water partition coefficient (Wildman–Crippen LogP) is 2.47. The SMILES string of the molecule is CNCC(=O)c1cc(C)c(Br)cc1C. The number of aryl methyl sites for hydroxylation is 2. The van der Waals surface area contributed by atoms with Crippen LogP contribution < -0.4 is 5.32 Å². The minimum Gasteiger partial charge on any atom is -0.313 e. The number of ketones is 1. The minimum atomic E-state index is 0.139. The summed E-state index contributed by atoms with van der Waals surface area (Å²) in [7, 11) is 1.78. The molecule has 0 heterocycles. The highest BCUT2D eigenvalue weighted by molar-refractivity contribution is 9.10. The number of hydrogen-bond donors (Lipinski definition) is 1. The average Bonchev–Trinajstić information content (AvgIpc) is 2.11. The van der Waals surface area contributed by atoms with Gasteiger partial charge in [0.25, 0.3) is 0 Å². The third-order valence-corrected chi connectivity index (χ3v) is 3.00. The third-order valence-electron chi connectivity index (χ3n) is 2.14. The number of likely N-dealkylation sites (N-methyl/N-ethyl adjacent to an activating group) is 1. The first kappa shape index (κ1) is 11.4. The molecule has 0 aliphatic heterocycles. The summed E-state index contributed by atoms with van der Waals surface area (Å²) in [6.45, 7) is 4.33. The van der Waals surface area contributed by atoms with Crippen LogP contribution in [-0.2, 0) is 0 Å². The van der Waals surface area contributed by atoms with Gasteiger partial charge in [-0.1, -0.05) is 15.9 Å². The van der Waals surface area contributed by atoms with E-state index in [9.17, 15) is 4.79 Å². The van der Waals surface area contributed by atoms with Crippen LogP contribution in [0, 0.1) is 13.8 Å². The molecule has 0 amide bonds. The second-order valence-electron chi connectivity index (χ2n) is 3.37. The maximum atomic E-state index is 11.7. The van der Waals surface area contributed by atoms with E-state index < -0.39 is 0 Å². The Labute approximate surface area is 92.8 Å². The second kappa shape index (κ2) is 4.71. The summed E-state index contributed by atoms with van der Waals surface area (Å²) in [6, 6.07) is 3.91. The van der Waals surface area contributed by atoms with Crippen LogP contribution in [0.25, 0.3) is 0 Å². The molecule has 3 heteroatoms. The molecule has 0 aliphatic carbocycles. The van der Waals surface area contributed by atoms with Crippen molar-refractivity contribution in [1.82, 2.24) is 5.32 Å². The van der Waals surface area contributed by atoms with Crippen LogP contribution in [-0.4, -0.2) is 19.4 Å². The third kappa shape index (κ3) is 2.42. The quantitative estimate of drug-likeness (QED) is 0.842. The predicted molar refractivity (Wildman–Crippen MR) is 61.9 cm³/mol. The molecule has 0 spiro atoms. The van der Waals surface area contributed by atoms with Crippen molar-refractivity contribution in [2.75, 3.05) is 13.6 Å². The highest BCUT2D eigenvalue weighted by Gasteiger charge is 2.09. The Balaban J connectivity index is 3.09. The summed E-state index contributed by atoms with van der Waals surface area (Å²) in [4.78, 5) is 11.7. The van der Waals surface area contributed by atoms with Crippen molar-refractivity contribution in [2.24, 2.45) is 0 Å². The van der Waals surface area contributed by atoms with Gasteiger partial charge < -0.3 is 5.32 Å². The molecule has 0 unspecified atom stereocenters. The molecule has 1 aromatic rings. The minimum absolute atomic E-state index is 0.139. The summed E-state index contributed by atoms with van der Waals surface area (Å²) >= 11 is 3.44. The molecule has 0 aromatic heterocycles. The molecule has 0 bridgehead atoms. The summed E-state index contributed by atoms with van der Waals surface area (Å²) in [5.74, 6) is 0.139. The van der Waals surface area contributed by atoms with E-state index in [0.717, 1.165) is 21.2 Å². The Morgan fingerprint density at radius 1 is 1.36 bits per heavy atom. The van der Waals surface area contributed by atoms with Crippen LogP contribution in [0.2, 0.25) is 0 Å². The van der Waals surface area contributed by atoms with E-state index in [1.165, 1.54) is 0 Å². The van der Waals surface area contributed by atoms with Gasteiger partial charge in [0.2, 0.25) is 0 Å². The summed E-state index contributed by atoms with van der Waals surface area (Å²) in [5, 5.41) is 2.87. The van der Waals surface area contributed by atoms with Crippen molar-refractivity contribution in [3.63, 3.8) is 0 Å². The van der Waals surface area contributed by atoms with Gasteiger partial charge in [0.15, 0.2) is 5.78 Å². The van der Waals surface area contributed by atoms with Crippen molar-refractivity contribution in [3.05, 3.63) is 33.3 Å². The molecule has 2 nitrogen and oxygen atoms in total. The summed E-state index contributed by atoms with van der Waals surface area (Å²) < 4.78 is 1.05. The van der Waals surface area contributed by atoms with Crippen LogP contribution in [0.1, 0.15) is 21.5 Å². The molecular weight excluding hydrogens is 242 g/mol. The number of halogens is 1. The highest BCUT2D eigenvalue weighted by Crippen LogP contribution is 2.21. The highest BCUT2D eigenvalue weighted by atomic mass is 79.9. The molecular formula is C11H14BrNO. The smallest absolute Gasteiger partial charge is 0.176 e. The number of carbonyl (C=O) groups excluding carboxylic acids is 1. The molecule has 0 fully saturated rings. The lowest BCUT2D eigenvalue weighted by atomic mass is 10.0. The van der Waals surface area contributed by atoms with Gasteiger partial charge in [-0.25, -0.2) is 0 Å². The number of carbonyl (C=O) groups is 1. The van der Waals surface area contributed by atoms with Gasteiger partial charge in [0.1, 0.15) is 0 Å². The maximum absolute atomic E-state index is 11.7. The zero-order valence-corrected chi connectivity index (χ0v) is 10.2. The Bertz CT molecular complexity index is 361. The van der Waals surface area contributed by atoms with Crippen molar-refractivity contribution < 1.29 is 4.79 Å². The van der Waals surface area contributed by atoms with E-state index in [0.29, 0.717) is 6.54 Å². The fourth-order valence-electron chi connectivity index (χ4n) is 1.34. The van der Waals surface area contributed by atoms with E-state index >= 15 is 0 Å². The van der Waals surface area contributed by atoms with Crippen molar-refractivity contribution in [3.8, 4) is 0 Å². The topological polar surface area (TPSA) is 29.1 Å². The molecule has 1 aromatic carbocycles. The van der Waals surface area contributed by atoms with Gasteiger partial charge in [-0.15, -0.1) is 0 Å². The fourth-order valence-corrected chi connectivity index (χ4v) is 1.79. The van der Waals surface area contributed by atoms with E-state index in [1.54, 1.807) is 7.05 Å². The number of Topliss-reactive ketones (excluding diaryl/α,β-unsaturated/α-hetero) is 1. The van der Waals surface area contributed by atoms with Crippen LogP contribution in [0.3, 0.4) is 0 Å². The standard InChI is InChI=1S/C11H14BrNO/c1-7-5-10(12)8(2)4-9(7)11(14)6-13-3/h4-5,13H,6H2,1-3H3. The van der Waals surface area contributed by atoms with Crippen LogP contribution in [0.4, 0.5) is 0 Å². The molecule has 14 heavy (non-hydrogen) atoms. The lowest BCUT2D eigenvalue weighted by Crippen LogP contribution is -2.19. The molecule has 0 atom stereocenters. The van der Waals surface area contributed by atoms with Crippen LogP contribution in [0.5, 0.6) is 0 Å². The van der Waals surface area contributed by atoms with E-state index in [2.05, 4.69) is 21.2 Å². The first-order chi connectivity index (χ1) is 6.56. The number of rotatable bonds is 3. The Morgan fingerprint density at radius 3 is 2.57 bits per heavy atom. The summed E-state index contributed by atoms with van der Waals surface area (Å²) in [6.07, 6.45) is 0. The Morgan fingerprint density at radius 2 is 2.00 bits per heavy atom. The normalized spacial score (nSPS) is 10.3. The van der Waals surface area contributed by atoms with Crippen LogP contribution in [0.15, 0.2) is 16.6 Å². The molecule has 0 saturated heterocycles. The molecule has 0 radical (unpaired) electrons. The first-order valence-electron chi connectivity index (χ1n) is 4.50. The summed E-state index contributed by atoms with van der Waals surface area (Å²) in [5.41, 5.74) is 2.91. The lowest BCUT2D eigenvalue weighted by Gasteiger charge is -2.07. The Kier molecular flexibility index (Phi) is 3.84. The maximum Gasteiger partial charge on any atom is 0.176 e. The molecule has 0 aliphatic rings. The monoisotopic (exact) mass is 255 g/mol. The van der Waals surface area contributed by atoms with E-state index in [1.807, 2.05) is 26.0 Å². The van der Waals surface area contributed by atoms with E-state index in [4.69, 9.17) is 0 Å². The molecule has 1 N–H and O–H groups in total.